The van der Waals surface area contributed by atoms with Crippen LogP contribution in [0.2, 0.25) is 19.6 Å². The van der Waals surface area contributed by atoms with Crippen LogP contribution in [0.25, 0.3) is 0 Å². The van der Waals surface area contributed by atoms with Gasteiger partial charge in [0.15, 0.2) is 6.29 Å². The van der Waals surface area contributed by atoms with Crippen LogP contribution in [0, 0.1) is 0 Å². The summed E-state index contributed by atoms with van der Waals surface area (Å²) >= 11 is 3.43. The molecule has 0 amide bonds. The Hall–Kier alpha value is 0.157. The topological polar surface area (TPSA) is 27.7 Å². The van der Waals surface area contributed by atoms with Gasteiger partial charge in [-0.15, -0.1) is 0 Å². The van der Waals surface area contributed by atoms with Crippen molar-refractivity contribution in [3.8, 4) is 0 Å². The Morgan fingerprint density at radius 1 is 1.41 bits per heavy atom. The highest BCUT2D eigenvalue weighted by Gasteiger charge is 2.16. The number of hydrogen-bond acceptors (Lipinski definition) is 3. The van der Waals surface area contributed by atoms with Crippen LogP contribution < -0.4 is 0 Å². The molecule has 0 N–H and O–H groups in total. The summed E-state index contributed by atoms with van der Waals surface area (Å²) in [7, 11) is -1.49. The Balaban J connectivity index is 2.11. The average Bonchev–Trinajstić information content (AvgIpc) is 2.23. The Morgan fingerprint density at radius 3 is 2.76 bits per heavy atom. The number of rotatable bonds is 6. The Morgan fingerprint density at radius 2 is 2.18 bits per heavy atom. The van der Waals surface area contributed by atoms with Crippen molar-refractivity contribution in [1.82, 2.24) is 0 Å². The van der Waals surface area contributed by atoms with Gasteiger partial charge >= 0.3 is 0 Å². The van der Waals surface area contributed by atoms with E-state index < -0.39 is 8.32 Å². The van der Waals surface area contributed by atoms with Gasteiger partial charge in [0, 0.05) is 6.61 Å². The third-order valence-corrected chi connectivity index (χ3v) is 3.88. The molecule has 1 unspecified atom stereocenters. The van der Waals surface area contributed by atoms with Crippen LogP contribution in [0.5, 0.6) is 0 Å². The van der Waals surface area contributed by atoms with E-state index in [1.165, 1.54) is 6.42 Å². The Labute approximate surface area is 114 Å². The molecule has 5 heteroatoms. The van der Waals surface area contributed by atoms with Gasteiger partial charge in [0.2, 0.25) is 8.32 Å². The van der Waals surface area contributed by atoms with Gasteiger partial charge in [-0.05, 0) is 67.3 Å². The molecule has 0 spiro atoms. The van der Waals surface area contributed by atoms with E-state index in [1.54, 1.807) is 0 Å². The predicted octanol–water partition coefficient (Wildman–Crippen LogP) is 4.01. The van der Waals surface area contributed by atoms with Gasteiger partial charge < -0.3 is 13.9 Å². The minimum absolute atomic E-state index is 0.00818. The lowest BCUT2D eigenvalue weighted by Gasteiger charge is -2.22. The maximum Gasteiger partial charge on any atom is 0.242 e. The number of ether oxygens (including phenoxy) is 2. The van der Waals surface area contributed by atoms with Gasteiger partial charge in [0.1, 0.15) is 4.67 Å². The van der Waals surface area contributed by atoms with Crippen LogP contribution in [0.4, 0.5) is 0 Å². The third kappa shape index (κ3) is 7.97. The fourth-order valence-corrected chi connectivity index (χ4v) is 3.90. The summed E-state index contributed by atoms with van der Waals surface area (Å²) in [6, 6.07) is 0. The van der Waals surface area contributed by atoms with Crippen molar-refractivity contribution in [2.24, 2.45) is 0 Å². The number of hydrogen-bond donors (Lipinski definition) is 0. The first-order valence-corrected chi connectivity index (χ1v) is 10.5. The first-order chi connectivity index (χ1) is 7.97. The van der Waals surface area contributed by atoms with E-state index in [1.807, 2.05) is 6.08 Å². The lowest BCUT2D eigenvalue weighted by atomic mass is 10.2. The number of halogens is 1. The molecule has 0 bridgehead atoms. The van der Waals surface area contributed by atoms with Crippen molar-refractivity contribution in [1.29, 1.82) is 0 Å². The maximum absolute atomic E-state index is 5.76. The van der Waals surface area contributed by atoms with E-state index in [4.69, 9.17) is 13.9 Å². The van der Waals surface area contributed by atoms with E-state index in [9.17, 15) is 0 Å². The molecule has 1 heterocycles. The summed E-state index contributed by atoms with van der Waals surface area (Å²) < 4.78 is 17.7. The molecule has 0 aromatic heterocycles. The highest BCUT2D eigenvalue weighted by molar-refractivity contribution is 9.11. The molecule has 1 saturated heterocycles. The molecule has 17 heavy (non-hydrogen) atoms. The molecule has 1 aliphatic heterocycles. The lowest BCUT2D eigenvalue weighted by molar-refractivity contribution is -0.161. The summed E-state index contributed by atoms with van der Waals surface area (Å²) in [6.45, 7) is 8.01. The highest BCUT2D eigenvalue weighted by atomic mass is 79.9. The zero-order chi connectivity index (χ0) is 12.7. The minimum atomic E-state index is -1.49. The Kier molecular flexibility index (Phi) is 6.77. The van der Waals surface area contributed by atoms with E-state index in [-0.39, 0.29) is 6.29 Å². The second-order valence-corrected chi connectivity index (χ2v) is 10.4. The zero-order valence-electron chi connectivity index (χ0n) is 11.0. The molecule has 100 valence electrons. The Bertz CT molecular complexity index is 245. The molecule has 1 fully saturated rings. The van der Waals surface area contributed by atoms with Crippen molar-refractivity contribution in [3.63, 3.8) is 0 Å². The van der Waals surface area contributed by atoms with E-state index >= 15 is 0 Å². The first-order valence-electron chi connectivity index (χ1n) is 6.25. The molecule has 0 saturated carbocycles. The predicted molar refractivity (Wildman–Crippen MR) is 75.6 cm³/mol. The first kappa shape index (κ1) is 15.2. The summed E-state index contributed by atoms with van der Waals surface area (Å²) in [5.41, 5.74) is 0. The second kappa shape index (κ2) is 7.56. The fraction of sp³-hybridized carbons (Fsp3) is 0.833. The molecular weight excluding hydrogens is 300 g/mol. The molecule has 1 aliphatic rings. The summed E-state index contributed by atoms with van der Waals surface area (Å²) in [4.78, 5) is 0. The molecule has 0 aromatic rings. The average molecular weight is 323 g/mol. The molecule has 1 atom stereocenters. The van der Waals surface area contributed by atoms with Crippen molar-refractivity contribution in [2.75, 3.05) is 13.2 Å². The largest absolute Gasteiger partial charge is 0.540 e. The fourth-order valence-electron chi connectivity index (χ4n) is 1.55. The maximum atomic E-state index is 5.76. The second-order valence-electron chi connectivity index (χ2n) is 5.18. The molecule has 0 aliphatic carbocycles. The molecular formula is C12H23BrO3Si. The van der Waals surface area contributed by atoms with Gasteiger partial charge in [0.25, 0.3) is 0 Å². The van der Waals surface area contributed by atoms with Crippen LogP contribution in [-0.2, 0) is 13.9 Å². The normalized spacial score (nSPS) is 22.6. The SMILES string of the molecule is C[Si](C)(C)O/C(Br)=C\CCOC1CCCCO1. The van der Waals surface area contributed by atoms with Crippen LogP contribution in [-0.4, -0.2) is 27.8 Å². The van der Waals surface area contributed by atoms with Gasteiger partial charge in [-0.1, -0.05) is 0 Å². The smallest absolute Gasteiger partial charge is 0.242 e. The molecule has 0 radical (unpaired) electrons. The van der Waals surface area contributed by atoms with E-state index in [0.29, 0.717) is 6.61 Å². The lowest BCUT2D eigenvalue weighted by Crippen LogP contribution is -2.23. The van der Waals surface area contributed by atoms with E-state index in [0.717, 1.165) is 30.5 Å². The van der Waals surface area contributed by atoms with Crippen LogP contribution in [0.15, 0.2) is 10.7 Å². The quantitative estimate of drug-likeness (QED) is 0.420. The highest BCUT2D eigenvalue weighted by Crippen LogP contribution is 2.17. The summed E-state index contributed by atoms with van der Waals surface area (Å²) in [5, 5.41) is 0. The van der Waals surface area contributed by atoms with Gasteiger partial charge in [0.05, 0.1) is 6.61 Å². The summed E-state index contributed by atoms with van der Waals surface area (Å²) in [5.74, 6) is 0. The van der Waals surface area contributed by atoms with Crippen molar-refractivity contribution < 1.29 is 13.9 Å². The van der Waals surface area contributed by atoms with Gasteiger partial charge in [-0.3, -0.25) is 0 Å². The van der Waals surface area contributed by atoms with Crippen molar-refractivity contribution in [3.05, 3.63) is 10.7 Å². The molecule has 1 rings (SSSR count). The standard InChI is InChI=1S/C12H23BrO3Si/c1-17(2,3)16-11(13)7-6-10-15-12-8-4-5-9-14-12/h7,12H,4-6,8-10H2,1-3H3/b11-7-. The van der Waals surface area contributed by atoms with E-state index in [2.05, 4.69) is 35.6 Å². The van der Waals surface area contributed by atoms with Crippen LogP contribution >= 0.6 is 15.9 Å². The zero-order valence-corrected chi connectivity index (χ0v) is 13.6. The minimum Gasteiger partial charge on any atom is -0.540 e. The van der Waals surface area contributed by atoms with Crippen molar-refractivity contribution in [2.45, 2.75) is 51.6 Å². The monoisotopic (exact) mass is 322 g/mol. The third-order valence-electron chi connectivity index (χ3n) is 2.27. The molecule has 0 aromatic carbocycles. The van der Waals surface area contributed by atoms with Gasteiger partial charge in [-0.25, -0.2) is 0 Å². The van der Waals surface area contributed by atoms with Crippen LogP contribution in [0.3, 0.4) is 0 Å². The van der Waals surface area contributed by atoms with Crippen molar-refractivity contribution >= 4 is 24.2 Å². The summed E-state index contributed by atoms with van der Waals surface area (Å²) in [6.07, 6.45) is 6.29. The van der Waals surface area contributed by atoms with Gasteiger partial charge in [-0.2, -0.15) is 0 Å². The molecule has 3 nitrogen and oxygen atoms in total. The van der Waals surface area contributed by atoms with Crippen LogP contribution in [0.1, 0.15) is 25.7 Å².